The van der Waals surface area contributed by atoms with Crippen molar-refractivity contribution in [1.29, 1.82) is 0 Å². The Labute approximate surface area is 110 Å². The Kier molecular flexibility index (Phi) is 4.47. The van der Waals surface area contributed by atoms with Crippen molar-refractivity contribution in [1.82, 2.24) is 0 Å². The highest BCUT2D eigenvalue weighted by Gasteiger charge is 2.16. The van der Waals surface area contributed by atoms with Crippen LogP contribution in [0.4, 0.5) is 10.1 Å². The number of rotatable bonds is 3. The number of hydrogen-bond acceptors (Lipinski definition) is 4. The Morgan fingerprint density at radius 3 is 3.06 bits per heavy atom. The number of anilines is 1. The molecule has 0 aliphatic carbocycles. The van der Waals surface area contributed by atoms with E-state index in [0.29, 0.717) is 6.04 Å². The number of ether oxygens (including phenoxy) is 1. The molecule has 0 aromatic heterocycles. The number of thioether (sulfide) groups is 1. The lowest BCUT2D eigenvalue weighted by Gasteiger charge is -2.23. The minimum Gasteiger partial charge on any atom is -0.465 e. The molecule has 1 aliphatic heterocycles. The zero-order chi connectivity index (χ0) is 13.0. The molecule has 2 rings (SSSR count). The molecule has 1 aliphatic rings. The molecule has 1 fully saturated rings. The SMILES string of the molecule is COC(=O)c1cc(NC2CCCSC2)ccc1F. The van der Waals surface area contributed by atoms with Gasteiger partial charge in [-0.25, -0.2) is 9.18 Å². The van der Waals surface area contributed by atoms with Gasteiger partial charge in [0.2, 0.25) is 0 Å². The summed E-state index contributed by atoms with van der Waals surface area (Å²) in [4.78, 5) is 11.4. The third-order valence-corrected chi connectivity index (χ3v) is 4.12. The topological polar surface area (TPSA) is 38.3 Å². The van der Waals surface area contributed by atoms with Crippen molar-refractivity contribution in [2.45, 2.75) is 18.9 Å². The van der Waals surface area contributed by atoms with Crippen LogP contribution >= 0.6 is 11.8 Å². The van der Waals surface area contributed by atoms with Crippen LogP contribution < -0.4 is 5.32 Å². The van der Waals surface area contributed by atoms with Crippen LogP contribution in [-0.2, 0) is 4.74 Å². The third-order valence-electron chi connectivity index (χ3n) is 2.90. The van der Waals surface area contributed by atoms with E-state index in [-0.39, 0.29) is 5.56 Å². The van der Waals surface area contributed by atoms with Crippen LogP contribution in [0.25, 0.3) is 0 Å². The van der Waals surface area contributed by atoms with E-state index < -0.39 is 11.8 Å². The van der Waals surface area contributed by atoms with E-state index in [1.165, 1.54) is 31.4 Å². The highest BCUT2D eigenvalue weighted by Crippen LogP contribution is 2.22. The molecule has 1 aromatic rings. The lowest BCUT2D eigenvalue weighted by molar-refractivity contribution is 0.0595. The van der Waals surface area contributed by atoms with E-state index >= 15 is 0 Å². The van der Waals surface area contributed by atoms with Gasteiger partial charge in [-0.05, 0) is 36.8 Å². The third kappa shape index (κ3) is 3.16. The maximum Gasteiger partial charge on any atom is 0.340 e. The van der Waals surface area contributed by atoms with Crippen molar-refractivity contribution in [2.24, 2.45) is 0 Å². The molecule has 0 bridgehead atoms. The van der Waals surface area contributed by atoms with Crippen LogP contribution in [0.15, 0.2) is 18.2 Å². The number of halogens is 1. The highest BCUT2D eigenvalue weighted by atomic mass is 32.2. The Bertz CT molecular complexity index is 433. The van der Waals surface area contributed by atoms with E-state index in [2.05, 4.69) is 10.1 Å². The Morgan fingerprint density at radius 1 is 1.56 bits per heavy atom. The number of carbonyl (C=O) groups is 1. The highest BCUT2D eigenvalue weighted by molar-refractivity contribution is 7.99. The minimum absolute atomic E-state index is 0.0223. The van der Waals surface area contributed by atoms with Crippen molar-refractivity contribution >= 4 is 23.4 Å². The number of esters is 1. The Balaban J connectivity index is 2.11. The number of benzene rings is 1. The lowest BCUT2D eigenvalue weighted by Crippen LogP contribution is -2.25. The second-order valence-corrected chi connectivity index (χ2v) is 5.39. The molecule has 98 valence electrons. The molecule has 1 N–H and O–H groups in total. The fourth-order valence-corrected chi connectivity index (χ4v) is 3.04. The van der Waals surface area contributed by atoms with E-state index in [1.807, 2.05) is 11.8 Å². The van der Waals surface area contributed by atoms with Gasteiger partial charge < -0.3 is 10.1 Å². The van der Waals surface area contributed by atoms with E-state index in [1.54, 1.807) is 6.07 Å². The van der Waals surface area contributed by atoms with Gasteiger partial charge in [0.15, 0.2) is 0 Å². The van der Waals surface area contributed by atoms with E-state index in [4.69, 9.17) is 0 Å². The van der Waals surface area contributed by atoms with E-state index in [0.717, 1.165) is 17.9 Å². The molecule has 18 heavy (non-hydrogen) atoms. The zero-order valence-corrected chi connectivity index (χ0v) is 11.1. The number of methoxy groups -OCH3 is 1. The molecular formula is C13H16FNO2S. The molecule has 0 radical (unpaired) electrons. The summed E-state index contributed by atoms with van der Waals surface area (Å²) in [6.45, 7) is 0. The van der Waals surface area contributed by atoms with Crippen LogP contribution in [0.3, 0.4) is 0 Å². The van der Waals surface area contributed by atoms with Crippen LogP contribution in [0.1, 0.15) is 23.2 Å². The van der Waals surface area contributed by atoms with Crippen molar-refractivity contribution in [3.8, 4) is 0 Å². The van der Waals surface area contributed by atoms with Gasteiger partial charge in [0, 0.05) is 17.5 Å². The molecule has 0 spiro atoms. The Hall–Kier alpha value is -1.23. The summed E-state index contributed by atoms with van der Waals surface area (Å²) in [5.74, 6) is 1.06. The summed E-state index contributed by atoms with van der Waals surface area (Å²) in [5, 5.41) is 3.33. The smallest absolute Gasteiger partial charge is 0.340 e. The fraction of sp³-hybridized carbons (Fsp3) is 0.462. The zero-order valence-electron chi connectivity index (χ0n) is 10.2. The number of carbonyl (C=O) groups excluding carboxylic acids is 1. The maximum absolute atomic E-state index is 13.5. The van der Waals surface area contributed by atoms with Crippen molar-refractivity contribution in [3.05, 3.63) is 29.6 Å². The summed E-state index contributed by atoms with van der Waals surface area (Å²) >= 11 is 1.91. The molecule has 1 saturated heterocycles. The molecule has 0 amide bonds. The van der Waals surface area contributed by atoms with E-state index in [9.17, 15) is 9.18 Å². The number of hydrogen-bond donors (Lipinski definition) is 1. The van der Waals surface area contributed by atoms with Crippen molar-refractivity contribution in [3.63, 3.8) is 0 Å². The van der Waals surface area contributed by atoms with Crippen molar-refractivity contribution in [2.75, 3.05) is 23.9 Å². The van der Waals surface area contributed by atoms with Gasteiger partial charge in [0.1, 0.15) is 5.82 Å². The minimum atomic E-state index is -0.644. The van der Waals surface area contributed by atoms with Crippen molar-refractivity contribution < 1.29 is 13.9 Å². The largest absolute Gasteiger partial charge is 0.465 e. The second kappa shape index (κ2) is 6.09. The summed E-state index contributed by atoms with van der Waals surface area (Å²) in [6.07, 6.45) is 2.30. The molecule has 1 unspecified atom stereocenters. The summed E-state index contributed by atoms with van der Waals surface area (Å²) < 4.78 is 18.0. The first kappa shape index (κ1) is 13.2. The molecule has 1 atom stereocenters. The standard InChI is InChI=1S/C13H16FNO2S/c1-17-13(16)11-7-9(4-5-12(11)14)15-10-3-2-6-18-8-10/h4-5,7,10,15H,2-3,6,8H2,1H3. The molecule has 1 heterocycles. The maximum atomic E-state index is 13.5. The molecule has 5 heteroatoms. The first-order chi connectivity index (χ1) is 8.70. The van der Waals surface area contributed by atoms with Crippen LogP contribution in [0.2, 0.25) is 0 Å². The molecule has 0 saturated carbocycles. The first-order valence-corrected chi connectivity index (χ1v) is 7.08. The molecule has 1 aromatic carbocycles. The van der Waals surface area contributed by atoms with Gasteiger partial charge in [-0.2, -0.15) is 11.8 Å². The summed E-state index contributed by atoms with van der Waals surface area (Å²) in [7, 11) is 1.25. The summed E-state index contributed by atoms with van der Waals surface area (Å²) in [6, 6.07) is 4.85. The molecule has 3 nitrogen and oxygen atoms in total. The van der Waals surface area contributed by atoms with Crippen LogP contribution in [-0.4, -0.2) is 30.6 Å². The molecular weight excluding hydrogens is 253 g/mol. The van der Waals surface area contributed by atoms with Gasteiger partial charge in [-0.1, -0.05) is 0 Å². The Morgan fingerprint density at radius 2 is 2.39 bits per heavy atom. The monoisotopic (exact) mass is 269 g/mol. The number of nitrogens with one attached hydrogen (secondary N) is 1. The van der Waals surface area contributed by atoms with Crippen LogP contribution in [0.5, 0.6) is 0 Å². The van der Waals surface area contributed by atoms with Crippen LogP contribution in [0, 0.1) is 5.82 Å². The van der Waals surface area contributed by atoms with Gasteiger partial charge >= 0.3 is 5.97 Å². The average molecular weight is 269 g/mol. The first-order valence-electron chi connectivity index (χ1n) is 5.93. The summed E-state index contributed by atoms with van der Waals surface area (Å²) in [5.41, 5.74) is 0.746. The normalized spacial score (nSPS) is 19.3. The average Bonchev–Trinajstić information content (AvgIpc) is 2.41. The predicted molar refractivity (Wildman–Crippen MR) is 71.7 cm³/mol. The van der Waals surface area contributed by atoms with Gasteiger partial charge in [-0.15, -0.1) is 0 Å². The van der Waals surface area contributed by atoms with Gasteiger partial charge in [-0.3, -0.25) is 0 Å². The van der Waals surface area contributed by atoms with Gasteiger partial charge in [0.25, 0.3) is 0 Å². The quantitative estimate of drug-likeness (QED) is 0.856. The fourth-order valence-electron chi connectivity index (χ4n) is 1.97. The second-order valence-electron chi connectivity index (χ2n) is 4.24. The lowest BCUT2D eigenvalue weighted by atomic mass is 10.1. The van der Waals surface area contributed by atoms with Gasteiger partial charge in [0.05, 0.1) is 12.7 Å². The predicted octanol–water partition coefficient (Wildman–Crippen LogP) is 2.92.